The van der Waals surface area contributed by atoms with Gasteiger partial charge in [0, 0.05) is 23.3 Å². The van der Waals surface area contributed by atoms with E-state index < -0.39 is 0 Å². The maximum absolute atomic E-state index is 5.77. The number of benzene rings is 1. The highest BCUT2D eigenvalue weighted by molar-refractivity contribution is 7.80. The summed E-state index contributed by atoms with van der Waals surface area (Å²) >= 11 is 6.54. The van der Waals surface area contributed by atoms with Gasteiger partial charge in [-0.05, 0) is 18.2 Å². The first-order chi connectivity index (χ1) is 10.2. The predicted molar refractivity (Wildman–Crippen MR) is 86.3 cm³/mol. The van der Waals surface area contributed by atoms with Crippen LogP contribution in [0, 0.1) is 0 Å². The number of nitrogens with zero attached hydrogens (tertiary/aromatic N) is 2. The molecule has 7 heteroatoms. The van der Waals surface area contributed by atoms with E-state index in [2.05, 4.69) is 4.98 Å². The van der Waals surface area contributed by atoms with Crippen molar-refractivity contribution in [3.8, 4) is 11.5 Å². The highest BCUT2D eigenvalue weighted by Crippen LogP contribution is 2.28. The highest BCUT2D eigenvalue weighted by atomic mass is 32.1. The molecule has 0 aliphatic heterocycles. The summed E-state index contributed by atoms with van der Waals surface area (Å²) in [5.74, 6) is 1.23. The van der Waals surface area contributed by atoms with Gasteiger partial charge in [-0.3, -0.25) is 4.40 Å². The fraction of sp³-hybridized carbons (Fsp3) is 0.143. The van der Waals surface area contributed by atoms with Gasteiger partial charge >= 0.3 is 0 Å². The van der Waals surface area contributed by atoms with Crippen LogP contribution >= 0.6 is 23.6 Å². The van der Waals surface area contributed by atoms with Gasteiger partial charge in [0.05, 0.1) is 12.8 Å². The highest BCUT2D eigenvalue weighted by Gasteiger charge is 2.09. The van der Waals surface area contributed by atoms with Crippen molar-refractivity contribution in [1.82, 2.24) is 9.38 Å². The number of hydrogen-bond donors (Lipinski definition) is 1. The van der Waals surface area contributed by atoms with E-state index in [1.165, 1.54) is 0 Å². The van der Waals surface area contributed by atoms with Crippen LogP contribution in [0.3, 0.4) is 0 Å². The van der Waals surface area contributed by atoms with Crippen LogP contribution in [0.2, 0.25) is 0 Å². The third-order valence-corrected chi connectivity index (χ3v) is 3.97. The van der Waals surface area contributed by atoms with Crippen LogP contribution in [-0.2, 0) is 6.61 Å². The first kappa shape index (κ1) is 13.8. The number of nitrogens with two attached hydrogens (primary N) is 1. The van der Waals surface area contributed by atoms with Crippen molar-refractivity contribution >= 4 is 33.5 Å². The van der Waals surface area contributed by atoms with E-state index in [1.54, 1.807) is 30.6 Å². The molecule has 0 atom stereocenters. The third-order valence-electron chi connectivity index (χ3n) is 2.97. The zero-order valence-electron chi connectivity index (χ0n) is 11.3. The molecule has 0 spiro atoms. The molecule has 3 rings (SSSR count). The SMILES string of the molecule is COc1cc(C(N)=S)ccc1OCc1cn2ccsc2n1. The molecule has 0 aliphatic carbocycles. The lowest BCUT2D eigenvalue weighted by atomic mass is 10.2. The predicted octanol–water partition coefficient (Wildman–Crippen LogP) is 2.62. The monoisotopic (exact) mass is 319 g/mol. The Morgan fingerprint density at radius 2 is 2.29 bits per heavy atom. The van der Waals surface area contributed by atoms with Crippen LogP contribution in [0.25, 0.3) is 4.96 Å². The lowest BCUT2D eigenvalue weighted by molar-refractivity contribution is 0.281. The molecule has 0 bridgehead atoms. The van der Waals surface area contributed by atoms with Gasteiger partial charge in [-0.15, -0.1) is 11.3 Å². The molecule has 0 amide bonds. The Labute approximate surface area is 130 Å². The number of ether oxygens (including phenoxy) is 2. The van der Waals surface area contributed by atoms with Crippen molar-refractivity contribution in [2.45, 2.75) is 6.61 Å². The van der Waals surface area contributed by atoms with Crippen LogP contribution in [-0.4, -0.2) is 21.5 Å². The maximum atomic E-state index is 5.77. The smallest absolute Gasteiger partial charge is 0.193 e. The van der Waals surface area contributed by atoms with Gasteiger partial charge in [-0.25, -0.2) is 4.98 Å². The third kappa shape index (κ3) is 2.84. The maximum Gasteiger partial charge on any atom is 0.193 e. The van der Waals surface area contributed by atoms with Gasteiger partial charge in [0.15, 0.2) is 16.5 Å². The molecule has 1 aromatic carbocycles. The topological polar surface area (TPSA) is 61.8 Å². The molecule has 2 heterocycles. The molecule has 0 saturated heterocycles. The van der Waals surface area contributed by atoms with E-state index in [4.69, 9.17) is 27.4 Å². The molecule has 0 aliphatic rings. The molecule has 2 N–H and O–H groups in total. The van der Waals surface area contributed by atoms with Crippen molar-refractivity contribution < 1.29 is 9.47 Å². The molecule has 0 unspecified atom stereocenters. The Kier molecular flexibility index (Phi) is 3.76. The fourth-order valence-corrected chi connectivity index (χ4v) is 2.78. The fourth-order valence-electron chi connectivity index (χ4n) is 1.94. The lowest BCUT2D eigenvalue weighted by Gasteiger charge is -2.11. The number of thiazole rings is 1. The molecule has 2 aromatic heterocycles. The Bertz CT molecular complexity index is 766. The molecule has 108 valence electrons. The quantitative estimate of drug-likeness (QED) is 0.733. The minimum Gasteiger partial charge on any atom is -0.493 e. The zero-order valence-corrected chi connectivity index (χ0v) is 12.9. The van der Waals surface area contributed by atoms with Crippen LogP contribution < -0.4 is 15.2 Å². The minimum absolute atomic E-state index is 0.328. The summed E-state index contributed by atoms with van der Waals surface area (Å²) in [5, 5.41) is 1.99. The van der Waals surface area contributed by atoms with Crippen molar-refractivity contribution in [2.75, 3.05) is 7.11 Å². The number of rotatable bonds is 5. The van der Waals surface area contributed by atoms with Gasteiger partial charge < -0.3 is 15.2 Å². The van der Waals surface area contributed by atoms with Crippen molar-refractivity contribution in [3.63, 3.8) is 0 Å². The zero-order chi connectivity index (χ0) is 14.8. The molecular weight excluding hydrogens is 306 g/mol. The van der Waals surface area contributed by atoms with E-state index in [1.807, 2.05) is 28.2 Å². The van der Waals surface area contributed by atoms with Crippen LogP contribution in [0.4, 0.5) is 0 Å². The van der Waals surface area contributed by atoms with Gasteiger partial charge in [-0.2, -0.15) is 0 Å². The molecule has 21 heavy (non-hydrogen) atoms. The molecular formula is C14H13N3O2S2. The van der Waals surface area contributed by atoms with E-state index >= 15 is 0 Å². The number of hydrogen-bond acceptors (Lipinski definition) is 5. The molecule has 0 fully saturated rings. The molecule has 0 radical (unpaired) electrons. The standard InChI is InChI=1S/C14H13N3O2S2/c1-18-12-6-9(13(15)20)2-3-11(12)19-8-10-7-17-4-5-21-14(17)16-10/h2-7H,8H2,1H3,(H2,15,20). The summed E-state index contributed by atoms with van der Waals surface area (Å²) in [6.45, 7) is 0.372. The van der Waals surface area contributed by atoms with Crippen molar-refractivity contribution in [2.24, 2.45) is 5.73 Å². The number of thiocarbonyl (C=S) groups is 1. The normalized spacial score (nSPS) is 10.7. The molecule has 0 saturated carbocycles. The first-order valence-corrected chi connectivity index (χ1v) is 7.48. The van der Waals surface area contributed by atoms with E-state index in [0.717, 1.165) is 16.2 Å². The number of fused-ring (bicyclic) bond motifs is 1. The minimum atomic E-state index is 0.328. The summed E-state index contributed by atoms with van der Waals surface area (Å²) in [7, 11) is 1.58. The molecule has 5 nitrogen and oxygen atoms in total. The number of methoxy groups -OCH3 is 1. The van der Waals surface area contributed by atoms with Crippen molar-refractivity contribution in [3.05, 3.63) is 47.2 Å². The first-order valence-electron chi connectivity index (χ1n) is 6.19. The second-order valence-corrected chi connectivity index (χ2v) is 5.66. The number of imidazole rings is 1. The van der Waals surface area contributed by atoms with E-state index in [-0.39, 0.29) is 0 Å². The largest absolute Gasteiger partial charge is 0.493 e. The Balaban J connectivity index is 1.77. The molecule has 3 aromatic rings. The van der Waals surface area contributed by atoms with Gasteiger partial charge in [0.1, 0.15) is 11.6 Å². The lowest BCUT2D eigenvalue weighted by Crippen LogP contribution is -2.09. The van der Waals surface area contributed by atoms with E-state index in [0.29, 0.717) is 23.1 Å². The summed E-state index contributed by atoms with van der Waals surface area (Å²) in [6, 6.07) is 5.38. The summed E-state index contributed by atoms with van der Waals surface area (Å²) in [4.78, 5) is 5.74. The summed E-state index contributed by atoms with van der Waals surface area (Å²) < 4.78 is 13.0. The van der Waals surface area contributed by atoms with Gasteiger partial charge in [0.2, 0.25) is 0 Å². The van der Waals surface area contributed by atoms with E-state index in [9.17, 15) is 0 Å². The van der Waals surface area contributed by atoms with Crippen LogP contribution in [0.1, 0.15) is 11.3 Å². The summed E-state index contributed by atoms with van der Waals surface area (Å²) in [5.41, 5.74) is 7.22. The number of aromatic nitrogens is 2. The average molecular weight is 319 g/mol. The van der Waals surface area contributed by atoms with Gasteiger partial charge in [0.25, 0.3) is 0 Å². The second-order valence-electron chi connectivity index (χ2n) is 4.34. The van der Waals surface area contributed by atoms with Crippen LogP contribution in [0.15, 0.2) is 36.0 Å². The average Bonchev–Trinajstić information content (AvgIpc) is 3.05. The Morgan fingerprint density at radius 1 is 1.43 bits per heavy atom. The Hall–Kier alpha value is -2.12. The Morgan fingerprint density at radius 3 is 3.00 bits per heavy atom. The van der Waals surface area contributed by atoms with Gasteiger partial charge in [-0.1, -0.05) is 12.2 Å². The van der Waals surface area contributed by atoms with Crippen molar-refractivity contribution in [1.29, 1.82) is 0 Å². The summed E-state index contributed by atoms with van der Waals surface area (Å²) in [6.07, 6.45) is 3.91. The second kappa shape index (κ2) is 5.71. The van der Waals surface area contributed by atoms with Crippen LogP contribution in [0.5, 0.6) is 11.5 Å².